The van der Waals surface area contributed by atoms with Crippen LogP contribution in [-0.4, -0.2) is 68.3 Å². The first-order chi connectivity index (χ1) is 11.5. The van der Waals surface area contributed by atoms with Crippen molar-refractivity contribution in [2.75, 3.05) is 58.3 Å². The zero-order chi connectivity index (χ0) is 17.5. The average molecular weight is 352 g/mol. The van der Waals surface area contributed by atoms with Crippen LogP contribution < -0.4 is 15.1 Å². The van der Waals surface area contributed by atoms with E-state index in [-0.39, 0.29) is 10.6 Å². The number of nitrogens with one attached hydrogen (secondary N) is 2. The molecule has 0 spiro atoms. The number of thiocarbonyl (C=S) groups is 1. The number of quaternary nitrogens is 1. The van der Waals surface area contributed by atoms with E-state index in [1.54, 1.807) is 12.1 Å². The van der Waals surface area contributed by atoms with E-state index in [2.05, 4.69) is 29.2 Å². The SMILES string of the molecule is C[NH+](C)CCCNC(=S)N1CCN(c2ccc([N+](=O)[O-])cc2)CC1. The van der Waals surface area contributed by atoms with Crippen LogP contribution in [0.15, 0.2) is 24.3 Å². The molecule has 0 bridgehead atoms. The Morgan fingerprint density at radius 1 is 1.25 bits per heavy atom. The van der Waals surface area contributed by atoms with Gasteiger partial charge in [0.1, 0.15) is 0 Å². The highest BCUT2D eigenvalue weighted by atomic mass is 32.1. The van der Waals surface area contributed by atoms with Gasteiger partial charge in [-0.1, -0.05) is 0 Å². The van der Waals surface area contributed by atoms with Crippen LogP contribution in [0.4, 0.5) is 11.4 Å². The van der Waals surface area contributed by atoms with Crippen LogP contribution in [0.1, 0.15) is 6.42 Å². The third kappa shape index (κ3) is 5.31. The monoisotopic (exact) mass is 352 g/mol. The first-order valence-corrected chi connectivity index (χ1v) is 8.69. The quantitative estimate of drug-likeness (QED) is 0.328. The van der Waals surface area contributed by atoms with Crippen molar-refractivity contribution >= 4 is 28.7 Å². The minimum atomic E-state index is -0.371. The summed E-state index contributed by atoms with van der Waals surface area (Å²) in [6, 6.07) is 6.74. The fraction of sp³-hybridized carbons (Fsp3) is 0.562. The van der Waals surface area contributed by atoms with Gasteiger partial charge in [-0.3, -0.25) is 10.1 Å². The maximum absolute atomic E-state index is 10.7. The Hall–Kier alpha value is -1.93. The summed E-state index contributed by atoms with van der Waals surface area (Å²) in [4.78, 5) is 16.2. The third-order valence-electron chi connectivity index (χ3n) is 4.12. The van der Waals surface area contributed by atoms with Gasteiger partial charge in [0.25, 0.3) is 5.69 Å². The lowest BCUT2D eigenvalue weighted by molar-refractivity contribution is -0.858. The van der Waals surface area contributed by atoms with Gasteiger partial charge in [-0.05, 0) is 24.4 Å². The van der Waals surface area contributed by atoms with E-state index in [1.165, 1.54) is 4.90 Å². The molecule has 24 heavy (non-hydrogen) atoms. The molecule has 1 aromatic rings. The molecule has 1 aliphatic heterocycles. The van der Waals surface area contributed by atoms with Gasteiger partial charge in [-0.25, -0.2) is 0 Å². The minimum absolute atomic E-state index is 0.127. The number of nitro groups is 1. The highest BCUT2D eigenvalue weighted by Gasteiger charge is 2.19. The topological polar surface area (TPSA) is 66.1 Å². The van der Waals surface area contributed by atoms with E-state index in [0.717, 1.165) is 56.5 Å². The molecule has 1 aromatic carbocycles. The number of anilines is 1. The maximum atomic E-state index is 10.7. The number of rotatable bonds is 6. The molecule has 1 heterocycles. The number of hydrogen-bond acceptors (Lipinski definition) is 4. The third-order valence-corrected chi connectivity index (χ3v) is 4.52. The molecule has 0 radical (unpaired) electrons. The summed E-state index contributed by atoms with van der Waals surface area (Å²) in [6.07, 6.45) is 1.10. The first-order valence-electron chi connectivity index (χ1n) is 8.28. The summed E-state index contributed by atoms with van der Waals surface area (Å²) < 4.78 is 0. The van der Waals surface area contributed by atoms with Crippen LogP contribution in [0, 0.1) is 10.1 Å². The molecule has 132 valence electrons. The average Bonchev–Trinajstić information content (AvgIpc) is 2.58. The lowest BCUT2D eigenvalue weighted by atomic mass is 10.2. The minimum Gasteiger partial charge on any atom is -0.368 e. The second-order valence-corrected chi connectivity index (χ2v) is 6.68. The Balaban J connectivity index is 1.76. The number of benzene rings is 1. The Bertz CT molecular complexity index is 556. The Morgan fingerprint density at radius 2 is 1.88 bits per heavy atom. The Kier molecular flexibility index (Phi) is 6.74. The molecule has 0 aromatic heterocycles. The maximum Gasteiger partial charge on any atom is 0.269 e. The molecule has 0 amide bonds. The Labute approximate surface area is 148 Å². The second kappa shape index (κ2) is 8.79. The smallest absolute Gasteiger partial charge is 0.269 e. The lowest BCUT2D eigenvalue weighted by Crippen LogP contribution is -3.05. The van der Waals surface area contributed by atoms with Gasteiger partial charge in [-0.15, -0.1) is 0 Å². The van der Waals surface area contributed by atoms with Crippen LogP contribution in [0.5, 0.6) is 0 Å². The van der Waals surface area contributed by atoms with Crippen molar-refractivity contribution in [1.29, 1.82) is 0 Å². The van der Waals surface area contributed by atoms with Gasteiger partial charge in [0.2, 0.25) is 0 Å². The van der Waals surface area contributed by atoms with Gasteiger partial charge in [0.15, 0.2) is 5.11 Å². The van der Waals surface area contributed by atoms with Gasteiger partial charge < -0.3 is 20.0 Å². The second-order valence-electron chi connectivity index (χ2n) is 6.29. The van der Waals surface area contributed by atoms with Gasteiger partial charge in [-0.2, -0.15) is 0 Å². The molecule has 0 aliphatic carbocycles. The molecule has 8 heteroatoms. The predicted molar refractivity (Wildman–Crippen MR) is 99.8 cm³/mol. The highest BCUT2D eigenvalue weighted by molar-refractivity contribution is 7.80. The summed E-state index contributed by atoms with van der Waals surface area (Å²) in [5.41, 5.74) is 1.15. The number of nitrogens with zero attached hydrogens (tertiary/aromatic N) is 3. The molecular weight excluding hydrogens is 326 g/mol. The number of piperazine rings is 1. The van der Waals surface area contributed by atoms with Crippen molar-refractivity contribution < 1.29 is 9.82 Å². The molecule has 1 aliphatic rings. The molecule has 0 atom stereocenters. The van der Waals surface area contributed by atoms with Crippen molar-refractivity contribution in [1.82, 2.24) is 10.2 Å². The van der Waals surface area contributed by atoms with E-state index < -0.39 is 0 Å². The van der Waals surface area contributed by atoms with Crippen molar-refractivity contribution in [3.8, 4) is 0 Å². The van der Waals surface area contributed by atoms with Crippen molar-refractivity contribution in [3.05, 3.63) is 34.4 Å². The van der Waals surface area contributed by atoms with Crippen molar-refractivity contribution in [2.45, 2.75) is 6.42 Å². The van der Waals surface area contributed by atoms with E-state index in [0.29, 0.717) is 0 Å². The highest BCUT2D eigenvalue weighted by Crippen LogP contribution is 2.20. The van der Waals surface area contributed by atoms with Crippen LogP contribution in [0.3, 0.4) is 0 Å². The van der Waals surface area contributed by atoms with E-state index in [4.69, 9.17) is 12.2 Å². The molecule has 1 saturated heterocycles. The zero-order valence-corrected chi connectivity index (χ0v) is 15.1. The number of non-ortho nitro benzene ring substituents is 1. The summed E-state index contributed by atoms with van der Waals surface area (Å²) in [5, 5.41) is 14.9. The normalized spacial score (nSPS) is 14.8. The van der Waals surface area contributed by atoms with Crippen LogP contribution >= 0.6 is 12.2 Å². The fourth-order valence-corrected chi connectivity index (χ4v) is 2.99. The number of nitro benzene ring substituents is 1. The molecular formula is C16H26N5O2S+. The molecule has 7 nitrogen and oxygen atoms in total. The molecule has 2 rings (SSSR count). The summed E-state index contributed by atoms with van der Waals surface area (Å²) >= 11 is 5.47. The first kappa shape index (κ1) is 18.4. The van der Waals surface area contributed by atoms with Gasteiger partial charge in [0.05, 0.1) is 25.6 Å². The van der Waals surface area contributed by atoms with Gasteiger partial charge >= 0.3 is 0 Å². The van der Waals surface area contributed by atoms with Crippen LogP contribution in [-0.2, 0) is 0 Å². The predicted octanol–water partition coefficient (Wildman–Crippen LogP) is 0.126. The van der Waals surface area contributed by atoms with Crippen LogP contribution in [0.2, 0.25) is 0 Å². The zero-order valence-electron chi connectivity index (χ0n) is 14.3. The van der Waals surface area contributed by atoms with E-state index in [1.807, 2.05) is 12.1 Å². The number of hydrogen-bond donors (Lipinski definition) is 2. The van der Waals surface area contributed by atoms with Crippen LogP contribution in [0.25, 0.3) is 0 Å². The lowest BCUT2D eigenvalue weighted by Gasteiger charge is -2.37. The summed E-state index contributed by atoms with van der Waals surface area (Å²) in [6.45, 7) is 5.49. The Morgan fingerprint density at radius 3 is 2.42 bits per heavy atom. The van der Waals surface area contributed by atoms with Crippen molar-refractivity contribution in [3.63, 3.8) is 0 Å². The molecule has 0 saturated carbocycles. The summed E-state index contributed by atoms with van der Waals surface area (Å²) in [7, 11) is 4.30. The summed E-state index contributed by atoms with van der Waals surface area (Å²) in [5.74, 6) is 0. The molecule has 2 N–H and O–H groups in total. The largest absolute Gasteiger partial charge is 0.368 e. The molecule has 0 unspecified atom stereocenters. The van der Waals surface area contributed by atoms with Crippen molar-refractivity contribution in [2.24, 2.45) is 0 Å². The fourth-order valence-electron chi connectivity index (χ4n) is 2.70. The van der Waals surface area contributed by atoms with E-state index in [9.17, 15) is 10.1 Å². The van der Waals surface area contributed by atoms with Gasteiger partial charge in [0, 0.05) is 57.0 Å². The molecule has 1 fully saturated rings. The standard InChI is InChI=1S/C16H25N5O2S/c1-18(2)9-3-8-17-16(24)20-12-10-19(11-13-20)14-4-6-15(7-5-14)21(22)23/h4-7H,3,8-13H2,1-2H3,(H,17,24)/p+1. The van der Waals surface area contributed by atoms with E-state index >= 15 is 0 Å².